The Morgan fingerprint density at radius 3 is 2.43 bits per heavy atom. The predicted octanol–water partition coefficient (Wildman–Crippen LogP) is 5.10. The van der Waals surface area contributed by atoms with E-state index in [1.807, 2.05) is 30.3 Å². The van der Waals surface area contributed by atoms with E-state index in [-0.39, 0.29) is 0 Å². The van der Waals surface area contributed by atoms with Crippen molar-refractivity contribution in [3.8, 4) is 11.1 Å². The Labute approximate surface area is 136 Å². The van der Waals surface area contributed by atoms with Gasteiger partial charge in [-0.1, -0.05) is 61.2 Å². The number of rotatable bonds is 4. The SMILES string of the molecule is C=Cc1cc(/C(C=N)=C/N)ccc1-c1ccc2ccccc2c1. The predicted molar refractivity (Wildman–Crippen MR) is 100 cm³/mol. The van der Waals surface area contributed by atoms with Crippen LogP contribution in [0.2, 0.25) is 0 Å². The van der Waals surface area contributed by atoms with Crippen molar-refractivity contribution >= 4 is 28.6 Å². The monoisotopic (exact) mass is 298 g/mol. The maximum Gasteiger partial charge on any atom is 0.0270 e. The summed E-state index contributed by atoms with van der Waals surface area (Å²) in [6.07, 6.45) is 4.55. The molecule has 3 aromatic carbocycles. The zero-order valence-corrected chi connectivity index (χ0v) is 12.8. The van der Waals surface area contributed by atoms with E-state index in [9.17, 15) is 0 Å². The number of allylic oxidation sites excluding steroid dienone is 1. The Balaban J connectivity index is 2.14. The Morgan fingerprint density at radius 2 is 1.74 bits per heavy atom. The van der Waals surface area contributed by atoms with E-state index < -0.39 is 0 Å². The zero-order valence-electron chi connectivity index (χ0n) is 12.8. The van der Waals surface area contributed by atoms with E-state index in [1.165, 1.54) is 23.2 Å². The summed E-state index contributed by atoms with van der Waals surface area (Å²) in [6.45, 7) is 3.92. The van der Waals surface area contributed by atoms with Gasteiger partial charge in [0.2, 0.25) is 0 Å². The van der Waals surface area contributed by atoms with Gasteiger partial charge in [0.05, 0.1) is 0 Å². The summed E-state index contributed by atoms with van der Waals surface area (Å²) in [5, 5.41) is 9.87. The lowest BCUT2D eigenvalue weighted by molar-refractivity contribution is 1.52. The van der Waals surface area contributed by atoms with Crippen molar-refractivity contribution in [2.75, 3.05) is 0 Å². The first kappa shape index (κ1) is 14.8. The standard InChI is InChI=1S/C21H18N2/c1-2-15-11-18(20(13-22)14-23)9-10-21(15)19-8-7-16-5-3-4-6-17(16)12-19/h2-14,22H,1,23H2/b20-14+,22-13?. The topological polar surface area (TPSA) is 49.9 Å². The van der Waals surface area contributed by atoms with E-state index in [0.29, 0.717) is 5.57 Å². The minimum absolute atomic E-state index is 0.693. The zero-order chi connectivity index (χ0) is 16.2. The minimum atomic E-state index is 0.693. The molecule has 0 saturated heterocycles. The van der Waals surface area contributed by atoms with Crippen LogP contribution in [-0.2, 0) is 0 Å². The maximum atomic E-state index is 7.43. The number of hydrogen-bond acceptors (Lipinski definition) is 2. The Hall–Kier alpha value is -3.13. The molecule has 3 N–H and O–H groups in total. The third-order valence-corrected chi connectivity index (χ3v) is 4.00. The first-order valence-electron chi connectivity index (χ1n) is 7.45. The van der Waals surface area contributed by atoms with Gasteiger partial charge in [0.1, 0.15) is 0 Å². The molecule has 3 rings (SSSR count). The second-order valence-electron chi connectivity index (χ2n) is 5.33. The second-order valence-corrected chi connectivity index (χ2v) is 5.33. The molecule has 112 valence electrons. The molecule has 0 saturated carbocycles. The Kier molecular flexibility index (Phi) is 4.07. The normalized spacial score (nSPS) is 11.4. The van der Waals surface area contributed by atoms with Gasteiger partial charge in [0.15, 0.2) is 0 Å². The maximum absolute atomic E-state index is 7.43. The fraction of sp³-hybridized carbons (Fsp3) is 0. The fourth-order valence-corrected chi connectivity index (χ4v) is 2.76. The third kappa shape index (κ3) is 2.79. The summed E-state index contributed by atoms with van der Waals surface area (Å²) in [7, 11) is 0. The van der Waals surface area contributed by atoms with Crippen LogP contribution in [0.3, 0.4) is 0 Å². The highest BCUT2D eigenvalue weighted by molar-refractivity contribution is 6.08. The Bertz CT molecular complexity index is 920. The summed E-state index contributed by atoms with van der Waals surface area (Å²) >= 11 is 0. The van der Waals surface area contributed by atoms with Crippen molar-refractivity contribution in [1.82, 2.24) is 0 Å². The molecule has 0 radical (unpaired) electrons. The van der Waals surface area contributed by atoms with E-state index in [0.717, 1.165) is 22.3 Å². The number of benzene rings is 3. The van der Waals surface area contributed by atoms with Gasteiger partial charge < -0.3 is 11.1 Å². The highest BCUT2D eigenvalue weighted by Crippen LogP contribution is 2.30. The molecule has 0 spiro atoms. The molecule has 23 heavy (non-hydrogen) atoms. The smallest absolute Gasteiger partial charge is 0.0270 e. The molecule has 0 aromatic heterocycles. The van der Waals surface area contributed by atoms with Gasteiger partial charge in [-0.2, -0.15) is 0 Å². The highest BCUT2D eigenvalue weighted by atomic mass is 14.5. The lowest BCUT2D eigenvalue weighted by Gasteiger charge is -2.11. The van der Waals surface area contributed by atoms with Gasteiger partial charge in [-0.3, -0.25) is 0 Å². The van der Waals surface area contributed by atoms with Crippen molar-refractivity contribution in [1.29, 1.82) is 5.41 Å². The number of nitrogens with one attached hydrogen (secondary N) is 1. The highest BCUT2D eigenvalue weighted by Gasteiger charge is 2.07. The van der Waals surface area contributed by atoms with E-state index in [1.54, 1.807) is 0 Å². The van der Waals surface area contributed by atoms with Crippen molar-refractivity contribution in [2.45, 2.75) is 0 Å². The fourth-order valence-electron chi connectivity index (χ4n) is 2.76. The summed E-state index contributed by atoms with van der Waals surface area (Å²) in [6, 6.07) is 20.8. The van der Waals surface area contributed by atoms with E-state index in [4.69, 9.17) is 11.1 Å². The van der Waals surface area contributed by atoms with Gasteiger partial charge in [-0.15, -0.1) is 0 Å². The third-order valence-electron chi connectivity index (χ3n) is 4.00. The molecule has 2 heteroatoms. The van der Waals surface area contributed by atoms with Crippen LogP contribution in [0.5, 0.6) is 0 Å². The summed E-state index contributed by atoms with van der Waals surface area (Å²) in [5.41, 5.74) is 10.5. The molecule has 0 aliphatic heterocycles. The van der Waals surface area contributed by atoms with E-state index >= 15 is 0 Å². The van der Waals surface area contributed by atoms with Crippen LogP contribution in [0.25, 0.3) is 33.5 Å². The molecule has 0 heterocycles. The first-order chi connectivity index (χ1) is 11.3. The van der Waals surface area contributed by atoms with Crippen LogP contribution in [-0.4, -0.2) is 6.21 Å². The van der Waals surface area contributed by atoms with Crippen LogP contribution in [0.15, 0.2) is 73.4 Å². The molecule has 0 aliphatic carbocycles. The van der Waals surface area contributed by atoms with Gasteiger partial charge >= 0.3 is 0 Å². The van der Waals surface area contributed by atoms with Crippen LogP contribution >= 0.6 is 0 Å². The Morgan fingerprint density at radius 1 is 0.957 bits per heavy atom. The molecule has 3 aromatic rings. The lowest BCUT2D eigenvalue weighted by atomic mass is 9.94. The quantitative estimate of drug-likeness (QED) is 0.647. The summed E-state index contributed by atoms with van der Waals surface area (Å²) in [5.74, 6) is 0. The van der Waals surface area contributed by atoms with Crippen LogP contribution in [0.4, 0.5) is 0 Å². The van der Waals surface area contributed by atoms with Crippen LogP contribution < -0.4 is 5.73 Å². The molecular formula is C21H18N2. The van der Waals surface area contributed by atoms with Gasteiger partial charge in [-0.05, 0) is 45.2 Å². The molecule has 2 nitrogen and oxygen atoms in total. The van der Waals surface area contributed by atoms with Crippen LogP contribution in [0.1, 0.15) is 11.1 Å². The molecule has 0 atom stereocenters. The average molecular weight is 298 g/mol. The van der Waals surface area contributed by atoms with Gasteiger partial charge in [0, 0.05) is 18.0 Å². The van der Waals surface area contributed by atoms with E-state index in [2.05, 4.69) is 43.0 Å². The largest absolute Gasteiger partial charge is 0.404 e. The van der Waals surface area contributed by atoms with Crippen molar-refractivity contribution < 1.29 is 0 Å². The van der Waals surface area contributed by atoms with Crippen LogP contribution in [0, 0.1) is 5.41 Å². The molecule has 0 unspecified atom stereocenters. The summed E-state index contributed by atoms with van der Waals surface area (Å²) < 4.78 is 0. The molecule has 0 amide bonds. The van der Waals surface area contributed by atoms with Gasteiger partial charge in [0.25, 0.3) is 0 Å². The average Bonchev–Trinajstić information content (AvgIpc) is 2.62. The van der Waals surface area contributed by atoms with Crippen molar-refractivity contribution in [2.24, 2.45) is 5.73 Å². The first-order valence-corrected chi connectivity index (χ1v) is 7.45. The molecule has 0 aliphatic rings. The van der Waals surface area contributed by atoms with Crippen molar-refractivity contribution in [3.05, 3.63) is 84.6 Å². The van der Waals surface area contributed by atoms with Gasteiger partial charge in [-0.25, -0.2) is 0 Å². The molecule has 0 fully saturated rings. The molecular weight excluding hydrogens is 280 g/mol. The number of hydrogen-bond donors (Lipinski definition) is 2. The minimum Gasteiger partial charge on any atom is -0.404 e. The second kappa shape index (κ2) is 6.32. The number of nitrogens with two attached hydrogens (primary N) is 1. The molecule has 0 bridgehead atoms. The lowest BCUT2D eigenvalue weighted by Crippen LogP contribution is -1.93. The van der Waals surface area contributed by atoms with Crippen molar-refractivity contribution in [3.63, 3.8) is 0 Å². The summed E-state index contributed by atoms with van der Waals surface area (Å²) in [4.78, 5) is 0. The number of fused-ring (bicyclic) bond motifs is 1.